The molecule has 1 saturated heterocycles. The molecule has 25 heavy (non-hydrogen) atoms. The van der Waals surface area contributed by atoms with E-state index in [4.69, 9.17) is 0 Å². The number of ketones is 1. The standard InChI is InChI=1S/C12H12F3NO6S3/c13-12(14,15)24(18,19)16-25(20,21)22-10-1-3-11(4-2-10)23-7-5-9(17)6-8-23/h1-4H,5-8H2. The van der Waals surface area contributed by atoms with Crippen molar-refractivity contribution in [2.24, 2.45) is 0 Å². The fourth-order valence-corrected chi connectivity index (χ4v) is 5.84. The number of carbonyl (C=O) groups is 1. The van der Waals surface area contributed by atoms with Gasteiger partial charge < -0.3 is 8.31 Å². The highest BCUT2D eigenvalue weighted by Crippen LogP contribution is 2.31. The highest BCUT2D eigenvalue weighted by atomic mass is 32.3. The summed E-state index contributed by atoms with van der Waals surface area (Å²) >= 11 is 0. The highest BCUT2D eigenvalue weighted by Gasteiger charge is 2.41. The molecule has 1 aromatic rings. The molecule has 0 bridgehead atoms. The number of alkyl halides is 3. The first-order valence-corrected chi connectivity index (χ1v) is 11.1. The van der Waals surface area contributed by atoms with Crippen molar-refractivity contribution >= 4 is 37.0 Å². The Morgan fingerprint density at radius 1 is 1.00 bits per heavy atom. The van der Waals surface area contributed by atoms with E-state index in [2.05, 4.69) is 4.18 Å². The second kappa shape index (κ2) is 7.13. The Labute approximate surface area is 145 Å². The number of rotatable bonds is 5. The predicted molar refractivity (Wildman–Crippen MR) is 83.9 cm³/mol. The Balaban J connectivity index is 2.06. The summed E-state index contributed by atoms with van der Waals surface area (Å²) in [5, 5.41) is 0. The normalized spacial score (nSPS) is 17.5. The second-order valence-electron chi connectivity index (χ2n) is 4.92. The summed E-state index contributed by atoms with van der Waals surface area (Å²) in [6.07, 6.45) is 0.924. The molecule has 7 nitrogen and oxygen atoms in total. The molecule has 0 saturated carbocycles. The molecule has 1 aliphatic rings. The summed E-state index contributed by atoms with van der Waals surface area (Å²) in [5.41, 5.74) is -5.84. The van der Waals surface area contributed by atoms with Crippen LogP contribution in [0, 0.1) is 0 Å². The van der Waals surface area contributed by atoms with E-state index < -0.39 is 25.8 Å². The molecule has 1 aliphatic heterocycles. The maximum absolute atomic E-state index is 12.2. The minimum Gasteiger partial charge on any atom is -0.395 e. The lowest BCUT2D eigenvalue weighted by Gasteiger charge is -2.21. The lowest BCUT2D eigenvalue weighted by atomic mass is 10.2. The molecule has 0 spiro atoms. The molecule has 0 amide bonds. The number of carbonyl (C=O) groups excluding carboxylic acids is 1. The fourth-order valence-electron chi connectivity index (χ4n) is 1.92. The molecule has 1 fully saturated rings. The maximum Gasteiger partial charge on any atom is 0.480 e. The quantitative estimate of drug-likeness (QED) is 0.674. The van der Waals surface area contributed by atoms with Gasteiger partial charge >= 0.3 is 5.51 Å². The molecule has 0 unspecified atom stereocenters. The average Bonchev–Trinajstić information content (AvgIpc) is 2.46. The van der Waals surface area contributed by atoms with E-state index in [1.165, 1.54) is 24.3 Å². The SMILES string of the molecule is O=C1CC[S+](c2ccc(OS(=O)(=O)[N-]S(=O)(=O)C(F)(F)F)cc2)CC1. The van der Waals surface area contributed by atoms with E-state index in [-0.39, 0.29) is 22.4 Å². The molecular weight excluding hydrogens is 407 g/mol. The van der Waals surface area contributed by atoms with Crippen LogP contribution in [0.4, 0.5) is 13.2 Å². The van der Waals surface area contributed by atoms with Crippen LogP contribution >= 0.6 is 0 Å². The molecule has 2 rings (SSSR count). The van der Waals surface area contributed by atoms with Gasteiger partial charge in [0, 0.05) is 10.9 Å². The van der Waals surface area contributed by atoms with Gasteiger partial charge in [0.2, 0.25) is 10.3 Å². The summed E-state index contributed by atoms with van der Waals surface area (Å²) in [4.78, 5) is 12.1. The van der Waals surface area contributed by atoms with Crippen LogP contribution in [-0.2, 0) is 36.0 Å². The minimum atomic E-state index is -6.22. The van der Waals surface area contributed by atoms with Crippen molar-refractivity contribution in [3.05, 3.63) is 28.4 Å². The average molecular weight is 419 g/mol. The van der Waals surface area contributed by atoms with Gasteiger partial charge in [-0.15, -0.1) is 0 Å². The van der Waals surface area contributed by atoms with E-state index in [0.717, 1.165) is 4.90 Å². The molecule has 0 atom stereocenters. The lowest BCUT2D eigenvalue weighted by Crippen LogP contribution is -2.25. The number of benzene rings is 1. The zero-order chi connectivity index (χ0) is 18.9. The smallest absolute Gasteiger partial charge is 0.395 e. The van der Waals surface area contributed by atoms with Crippen molar-refractivity contribution in [3.63, 3.8) is 0 Å². The van der Waals surface area contributed by atoms with Gasteiger partial charge in [-0.3, -0.25) is 4.79 Å². The molecular formula is C12H12F3NO6S3. The van der Waals surface area contributed by atoms with Gasteiger partial charge in [-0.25, -0.2) is 16.8 Å². The van der Waals surface area contributed by atoms with Crippen molar-refractivity contribution in [2.75, 3.05) is 11.5 Å². The van der Waals surface area contributed by atoms with Gasteiger partial charge in [-0.1, -0.05) is 0 Å². The number of hydrogen-bond acceptors (Lipinski definition) is 6. The van der Waals surface area contributed by atoms with Crippen LogP contribution in [0.2, 0.25) is 0 Å². The number of nitrogens with zero attached hydrogens (tertiary/aromatic N) is 1. The molecule has 0 N–H and O–H groups in total. The monoisotopic (exact) mass is 419 g/mol. The molecule has 1 heterocycles. The van der Waals surface area contributed by atoms with Gasteiger partial charge in [0.15, 0.2) is 14.9 Å². The Morgan fingerprint density at radius 3 is 2.00 bits per heavy atom. The third-order valence-corrected chi connectivity index (χ3v) is 7.93. The van der Waals surface area contributed by atoms with E-state index in [9.17, 15) is 34.8 Å². The van der Waals surface area contributed by atoms with E-state index >= 15 is 0 Å². The minimum absolute atomic E-state index is 0.182. The van der Waals surface area contributed by atoms with Gasteiger partial charge in [0.1, 0.15) is 23.0 Å². The Morgan fingerprint density at radius 2 is 1.52 bits per heavy atom. The van der Waals surface area contributed by atoms with Crippen molar-refractivity contribution in [2.45, 2.75) is 23.2 Å². The van der Waals surface area contributed by atoms with Crippen molar-refractivity contribution in [1.29, 1.82) is 0 Å². The van der Waals surface area contributed by atoms with Crippen LogP contribution in [-0.4, -0.2) is 39.6 Å². The zero-order valence-electron chi connectivity index (χ0n) is 12.4. The van der Waals surface area contributed by atoms with Gasteiger partial charge in [-0.05, 0) is 24.3 Å². The summed E-state index contributed by atoms with van der Waals surface area (Å²) in [7, 11) is -11.8. The molecule has 1 aromatic carbocycles. The van der Waals surface area contributed by atoms with Crippen LogP contribution in [0.3, 0.4) is 0 Å². The van der Waals surface area contributed by atoms with Crippen LogP contribution in [0.15, 0.2) is 29.2 Å². The van der Waals surface area contributed by atoms with Crippen molar-refractivity contribution < 1.29 is 39.0 Å². The van der Waals surface area contributed by atoms with Gasteiger partial charge in [0.25, 0.3) is 0 Å². The van der Waals surface area contributed by atoms with Gasteiger partial charge in [0.05, 0.1) is 12.8 Å². The summed E-state index contributed by atoms with van der Waals surface area (Å²) in [5.74, 6) is 1.16. The zero-order valence-corrected chi connectivity index (χ0v) is 14.8. The number of sulfonamides is 1. The number of hydrogen-bond donors (Lipinski definition) is 0. The fraction of sp³-hybridized carbons (Fsp3) is 0.417. The second-order valence-corrected chi connectivity index (χ2v) is 10.2. The number of halogens is 3. The van der Waals surface area contributed by atoms with Crippen LogP contribution in [0.25, 0.3) is 4.13 Å². The van der Waals surface area contributed by atoms with E-state index in [1.54, 1.807) is 4.13 Å². The summed E-state index contributed by atoms with van der Waals surface area (Å²) < 4.78 is 86.8. The van der Waals surface area contributed by atoms with Crippen molar-refractivity contribution in [3.8, 4) is 5.75 Å². The lowest BCUT2D eigenvalue weighted by molar-refractivity contribution is -0.118. The maximum atomic E-state index is 12.2. The van der Waals surface area contributed by atoms with Crippen LogP contribution in [0.5, 0.6) is 5.75 Å². The Hall–Kier alpha value is -1.31. The molecule has 13 heteroatoms. The third-order valence-electron chi connectivity index (χ3n) is 3.10. The largest absolute Gasteiger partial charge is 0.480 e. The topological polar surface area (TPSA) is 109 Å². The first-order chi connectivity index (χ1) is 11.4. The molecule has 0 aromatic heterocycles. The van der Waals surface area contributed by atoms with Crippen LogP contribution < -0.4 is 4.18 Å². The summed E-state index contributed by atoms with van der Waals surface area (Å²) in [6.45, 7) is 0. The first kappa shape index (κ1) is 20.0. The first-order valence-electron chi connectivity index (χ1n) is 6.69. The number of Topliss-reactive ketones (excluding diaryl/α,β-unsaturated/α-hetero) is 1. The van der Waals surface area contributed by atoms with E-state index in [1.807, 2.05) is 0 Å². The Bertz CT molecular complexity index is 839. The highest BCUT2D eigenvalue weighted by molar-refractivity contribution is 8.10. The molecule has 140 valence electrons. The predicted octanol–water partition coefficient (Wildman–Crippen LogP) is 1.87. The van der Waals surface area contributed by atoms with E-state index in [0.29, 0.717) is 24.3 Å². The summed E-state index contributed by atoms with van der Waals surface area (Å²) in [6, 6.07) is 5.40. The van der Waals surface area contributed by atoms with Crippen LogP contribution in [0.1, 0.15) is 12.8 Å². The van der Waals surface area contributed by atoms with Crippen molar-refractivity contribution in [1.82, 2.24) is 0 Å². The van der Waals surface area contributed by atoms with Gasteiger partial charge in [-0.2, -0.15) is 13.2 Å². The third kappa shape index (κ3) is 5.33. The molecule has 0 aliphatic carbocycles. The Kier molecular flexibility index (Phi) is 5.71. The molecule has 0 radical (unpaired) electrons.